The van der Waals surface area contributed by atoms with E-state index in [2.05, 4.69) is 6.08 Å². The van der Waals surface area contributed by atoms with Gasteiger partial charge in [-0.25, -0.2) is 4.79 Å². The molecule has 2 saturated carbocycles. The summed E-state index contributed by atoms with van der Waals surface area (Å²) in [6, 6.07) is 0. The van der Waals surface area contributed by atoms with E-state index < -0.39 is 17.8 Å². The molecule has 0 radical (unpaired) electrons. The number of nitrogens with zero attached hydrogens (tertiary/aromatic N) is 1. The summed E-state index contributed by atoms with van der Waals surface area (Å²) < 4.78 is 0. The highest BCUT2D eigenvalue weighted by molar-refractivity contribution is 6.01. The van der Waals surface area contributed by atoms with Crippen molar-refractivity contribution in [3.05, 3.63) is 11.6 Å². The van der Waals surface area contributed by atoms with Gasteiger partial charge in [-0.05, 0) is 25.2 Å². The predicted octanol–water partition coefficient (Wildman–Crippen LogP) is 2.12. The van der Waals surface area contributed by atoms with E-state index >= 15 is 0 Å². The fourth-order valence-corrected chi connectivity index (χ4v) is 3.01. The standard InChI is InChI=1S/C15H19NO4/c17-13-6-7-14(18)16(13)20-15(19)12-9-11(12)8-10-4-2-1-3-5-10/h8,10,12H,1-7,9H2/b11-8+/t12-/m1/s1. The van der Waals surface area contributed by atoms with E-state index in [-0.39, 0.29) is 18.8 Å². The van der Waals surface area contributed by atoms with Gasteiger partial charge in [0, 0.05) is 12.8 Å². The topological polar surface area (TPSA) is 63.7 Å². The molecule has 1 atom stereocenters. The lowest BCUT2D eigenvalue weighted by Gasteiger charge is -2.17. The zero-order valence-corrected chi connectivity index (χ0v) is 11.5. The number of amides is 2. The number of hydrogen-bond acceptors (Lipinski definition) is 4. The minimum atomic E-state index is -0.462. The summed E-state index contributed by atoms with van der Waals surface area (Å²) in [5.41, 5.74) is 1.11. The van der Waals surface area contributed by atoms with Gasteiger partial charge in [0.05, 0.1) is 5.92 Å². The van der Waals surface area contributed by atoms with Crippen molar-refractivity contribution < 1.29 is 19.2 Å². The molecule has 5 heteroatoms. The second-order valence-electron chi connectivity index (χ2n) is 5.89. The van der Waals surface area contributed by atoms with Gasteiger partial charge in [-0.15, -0.1) is 5.06 Å². The lowest BCUT2D eigenvalue weighted by Crippen LogP contribution is -2.32. The van der Waals surface area contributed by atoms with Crippen molar-refractivity contribution in [1.29, 1.82) is 0 Å². The number of rotatable bonds is 3. The Kier molecular flexibility index (Phi) is 3.59. The minimum absolute atomic E-state index is 0.140. The molecular weight excluding hydrogens is 258 g/mol. The van der Waals surface area contributed by atoms with E-state index in [4.69, 9.17) is 4.84 Å². The van der Waals surface area contributed by atoms with Crippen molar-refractivity contribution in [2.24, 2.45) is 11.8 Å². The molecule has 108 valence electrons. The summed E-state index contributed by atoms with van der Waals surface area (Å²) in [4.78, 5) is 39.6. The Balaban J connectivity index is 1.53. The largest absolute Gasteiger partial charge is 0.340 e. The maximum absolute atomic E-state index is 11.9. The van der Waals surface area contributed by atoms with Gasteiger partial charge in [-0.2, -0.15) is 0 Å². The van der Waals surface area contributed by atoms with Crippen LogP contribution < -0.4 is 0 Å². The second-order valence-corrected chi connectivity index (χ2v) is 5.89. The molecule has 0 bridgehead atoms. The van der Waals surface area contributed by atoms with Gasteiger partial charge < -0.3 is 4.84 Å². The molecule has 3 rings (SSSR count). The molecule has 2 amide bonds. The van der Waals surface area contributed by atoms with Crippen molar-refractivity contribution in [2.75, 3.05) is 0 Å². The van der Waals surface area contributed by atoms with E-state index in [9.17, 15) is 14.4 Å². The number of hydrogen-bond donors (Lipinski definition) is 0. The molecule has 20 heavy (non-hydrogen) atoms. The third-order valence-electron chi connectivity index (χ3n) is 4.30. The first kappa shape index (κ1) is 13.3. The minimum Gasteiger partial charge on any atom is -0.330 e. The maximum atomic E-state index is 11.9. The normalized spacial score (nSPS) is 29.1. The molecule has 0 unspecified atom stereocenters. The van der Waals surface area contributed by atoms with Crippen molar-refractivity contribution in [1.82, 2.24) is 5.06 Å². The first-order valence-corrected chi connectivity index (χ1v) is 7.43. The van der Waals surface area contributed by atoms with E-state index in [1.54, 1.807) is 0 Å². The molecular formula is C15H19NO4. The number of carbonyl (C=O) groups excluding carboxylic acids is 3. The highest BCUT2D eigenvalue weighted by Gasteiger charge is 2.42. The zero-order chi connectivity index (χ0) is 14.1. The Bertz CT molecular complexity index is 460. The Labute approximate surface area is 117 Å². The van der Waals surface area contributed by atoms with Crippen LogP contribution in [0.4, 0.5) is 0 Å². The van der Waals surface area contributed by atoms with Gasteiger partial charge in [0.25, 0.3) is 11.8 Å². The first-order chi connectivity index (χ1) is 9.65. The molecule has 0 aromatic heterocycles. The number of carbonyl (C=O) groups is 3. The molecule has 2 aliphatic carbocycles. The summed E-state index contributed by atoms with van der Waals surface area (Å²) in [6.45, 7) is 0. The van der Waals surface area contributed by atoms with Crippen molar-refractivity contribution in [2.45, 2.75) is 51.4 Å². The summed E-state index contributed by atoms with van der Waals surface area (Å²) >= 11 is 0. The molecule has 0 aromatic carbocycles. The van der Waals surface area contributed by atoms with Gasteiger partial charge in [-0.3, -0.25) is 9.59 Å². The molecule has 5 nitrogen and oxygen atoms in total. The highest BCUT2D eigenvalue weighted by Crippen LogP contribution is 2.41. The Morgan fingerprint density at radius 1 is 1.10 bits per heavy atom. The van der Waals surface area contributed by atoms with E-state index in [1.807, 2.05) is 0 Å². The van der Waals surface area contributed by atoms with Crippen LogP contribution in [0.1, 0.15) is 51.4 Å². The molecule has 1 aliphatic heterocycles. The summed E-state index contributed by atoms with van der Waals surface area (Å²) in [7, 11) is 0. The van der Waals surface area contributed by atoms with Crippen LogP contribution in [0.25, 0.3) is 0 Å². The second kappa shape index (κ2) is 5.38. The lowest BCUT2D eigenvalue weighted by atomic mass is 9.89. The fourth-order valence-electron chi connectivity index (χ4n) is 3.01. The van der Waals surface area contributed by atoms with Gasteiger partial charge in [0.15, 0.2) is 0 Å². The molecule has 1 heterocycles. The molecule has 0 aromatic rings. The monoisotopic (exact) mass is 277 g/mol. The molecule has 0 N–H and O–H groups in total. The van der Waals surface area contributed by atoms with Crippen LogP contribution in [0.5, 0.6) is 0 Å². The summed E-state index contributed by atoms with van der Waals surface area (Å²) in [5, 5.41) is 0.638. The molecule has 3 aliphatic rings. The lowest BCUT2D eigenvalue weighted by molar-refractivity contribution is -0.198. The van der Waals surface area contributed by atoms with Crippen LogP contribution >= 0.6 is 0 Å². The van der Waals surface area contributed by atoms with Gasteiger partial charge in [-0.1, -0.05) is 30.9 Å². The number of allylic oxidation sites excluding steroid dienone is 1. The average Bonchev–Trinajstić information content (AvgIpc) is 3.15. The highest BCUT2D eigenvalue weighted by atomic mass is 16.7. The Hall–Kier alpha value is -1.65. The van der Waals surface area contributed by atoms with E-state index in [1.165, 1.54) is 32.1 Å². The first-order valence-electron chi connectivity index (χ1n) is 7.43. The van der Waals surface area contributed by atoms with Crippen molar-refractivity contribution in [3.63, 3.8) is 0 Å². The van der Waals surface area contributed by atoms with Crippen LogP contribution in [0.3, 0.4) is 0 Å². The summed E-state index contributed by atoms with van der Waals surface area (Å²) in [6.07, 6.45) is 9.45. The number of imide groups is 1. The molecule has 1 saturated heterocycles. The summed E-state index contributed by atoms with van der Waals surface area (Å²) in [5.74, 6) is -0.941. The average molecular weight is 277 g/mol. The third kappa shape index (κ3) is 2.76. The molecule has 0 spiro atoms. The number of hydroxylamine groups is 2. The maximum Gasteiger partial charge on any atom is 0.340 e. The molecule has 3 fully saturated rings. The van der Waals surface area contributed by atoms with Crippen LogP contribution in [-0.2, 0) is 19.2 Å². The van der Waals surface area contributed by atoms with Gasteiger partial charge in [0.1, 0.15) is 0 Å². The van der Waals surface area contributed by atoms with Crippen LogP contribution in [0, 0.1) is 11.8 Å². The van der Waals surface area contributed by atoms with Gasteiger partial charge >= 0.3 is 5.97 Å². The van der Waals surface area contributed by atoms with Crippen LogP contribution in [-0.4, -0.2) is 22.8 Å². The Morgan fingerprint density at radius 3 is 2.40 bits per heavy atom. The SMILES string of the molecule is O=C(ON1C(=O)CCC1=O)[C@@H]1C/C1=C\C1CCCCC1. The smallest absolute Gasteiger partial charge is 0.330 e. The fraction of sp³-hybridized carbons (Fsp3) is 0.667. The van der Waals surface area contributed by atoms with Crippen LogP contribution in [0.2, 0.25) is 0 Å². The quantitative estimate of drug-likeness (QED) is 0.585. The van der Waals surface area contributed by atoms with Crippen molar-refractivity contribution in [3.8, 4) is 0 Å². The van der Waals surface area contributed by atoms with Gasteiger partial charge in [0.2, 0.25) is 0 Å². The Morgan fingerprint density at radius 2 is 1.75 bits per heavy atom. The van der Waals surface area contributed by atoms with E-state index in [0.29, 0.717) is 17.4 Å². The van der Waals surface area contributed by atoms with E-state index in [0.717, 1.165) is 5.57 Å². The van der Waals surface area contributed by atoms with Crippen molar-refractivity contribution >= 4 is 17.8 Å². The third-order valence-corrected chi connectivity index (χ3v) is 4.30. The zero-order valence-electron chi connectivity index (χ0n) is 11.5. The predicted molar refractivity (Wildman–Crippen MR) is 69.9 cm³/mol. The van der Waals surface area contributed by atoms with Crippen LogP contribution in [0.15, 0.2) is 11.6 Å².